The van der Waals surface area contributed by atoms with Crippen LogP contribution in [0.2, 0.25) is 0 Å². The first-order valence-electron chi connectivity index (χ1n) is 7.73. The van der Waals surface area contributed by atoms with Crippen molar-refractivity contribution in [3.63, 3.8) is 0 Å². The van der Waals surface area contributed by atoms with Crippen LogP contribution in [0.15, 0.2) is 58.6 Å². The number of hydrogen-bond acceptors (Lipinski definition) is 6. The van der Waals surface area contributed by atoms with E-state index in [1.807, 2.05) is 6.07 Å². The summed E-state index contributed by atoms with van der Waals surface area (Å²) in [6.45, 7) is 1.18. The molecule has 1 aliphatic heterocycles. The monoisotopic (exact) mass is 417 g/mol. The first-order valence-corrected chi connectivity index (χ1v) is 11.1. The molecular weight excluding hydrogens is 398 g/mol. The van der Waals surface area contributed by atoms with Crippen molar-refractivity contribution in [3.8, 4) is 0 Å². The molecule has 1 aliphatic rings. The van der Waals surface area contributed by atoms with Crippen molar-refractivity contribution in [2.45, 2.75) is 15.8 Å². The Morgan fingerprint density at radius 1 is 1.08 bits per heavy atom. The van der Waals surface area contributed by atoms with Crippen molar-refractivity contribution in [3.05, 3.63) is 54.4 Å². The maximum atomic E-state index is 13.3. The molecule has 142 valence electrons. The number of halogens is 1. The van der Waals surface area contributed by atoms with Gasteiger partial charge < -0.3 is 5.32 Å². The molecule has 1 aromatic carbocycles. The molecule has 0 radical (unpaired) electrons. The quantitative estimate of drug-likeness (QED) is 0.804. The highest BCUT2D eigenvalue weighted by Gasteiger charge is 2.36. The number of nitrogens with zero attached hydrogens (tertiary/aromatic N) is 2. The minimum Gasteiger partial charge on any atom is -0.313 e. The molecule has 0 bridgehead atoms. The Morgan fingerprint density at radius 3 is 2.38 bits per heavy atom. The van der Waals surface area contributed by atoms with Crippen molar-refractivity contribution < 1.29 is 16.8 Å². The molecule has 1 fully saturated rings. The van der Waals surface area contributed by atoms with Gasteiger partial charge in [-0.25, -0.2) is 16.8 Å². The lowest BCUT2D eigenvalue weighted by atomic mass is 10.1. The van der Waals surface area contributed by atoms with Crippen LogP contribution >= 0.6 is 12.4 Å². The molecular formula is C16H20ClN3O4S2. The molecule has 0 amide bonds. The van der Waals surface area contributed by atoms with Gasteiger partial charge in [-0.1, -0.05) is 18.2 Å². The average Bonchev–Trinajstić information content (AvgIpc) is 2.62. The molecule has 1 aromatic heterocycles. The number of piperazine rings is 1. The zero-order valence-corrected chi connectivity index (χ0v) is 16.5. The Balaban J connectivity index is 0.00000243. The number of sulfone groups is 1. The van der Waals surface area contributed by atoms with Crippen molar-refractivity contribution in [2.24, 2.45) is 0 Å². The van der Waals surface area contributed by atoms with Crippen LogP contribution in [-0.2, 0) is 19.9 Å². The third kappa shape index (κ3) is 4.07. The van der Waals surface area contributed by atoms with Crippen molar-refractivity contribution >= 4 is 32.3 Å². The van der Waals surface area contributed by atoms with E-state index in [0.29, 0.717) is 13.1 Å². The lowest BCUT2D eigenvalue weighted by molar-refractivity contribution is 0.270. The first kappa shape index (κ1) is 20.8. The molecule has 10 heteroatoms. The smallest absolute Gasteiger partial charge is 0.245 e. The third-order valence-electron chi connectivity index (χ3n) is 4.10. The summed E-state index contributed by atoms with van der Waals surface area (Å²) in [6.07, 6.45) is 4.26. The van der Waals surface area contributed by atoms with Crippen LogP contribution in [0.4, 0.5) is 0 Å². The highest BCUT2D eigenvalue weighted by atomic mass is 35.5. The van der Waals surface area contributed by atoms with Gasteiger partial charge in [0.15, 0.2) is 9.84 Å². The van der Waals surface area contributed by atoms with Crippen molar-refractivity contribution in [2.75, 3.05) is 25.9 Å². The Labute approximate surface area is 159 Å². The molecule has 3 rings (SSSR count). The minimum absolute atomic E-state index is 0. The number of rotatable bonds is 4. The number of aromatic nitrogens is 1. The summed E-state index contributed by atoms with van der Waals surface area (Å²) in [5.74, 6) is 0. The number of hydrogen-bond donors (Lipinski definition) is 1. The van der Waals surface area contributed by atoms with E-state index < -0.39 is 25.9 Å². The Kier molecular flexibility index (Phi) is 6.41. The lowest BCUT2D eigenvalue weighted by Gasteiger charge is -2.35. The summed E-state index contributed by atoms with van der Waals surface area (Å²) in [7, 11) is -7.66. The molecule has 26 heavy (non-hydrogen) atoms. The molecule has 0 saturated carbocycles. The van der Waals surface area contributed by atoms with Gasteiger partial charge in [0.05, 0.1) is 10.9 Å². The zero-order chi connectivity index (χ0) is 18.1. The van der Waals surface area contributed by atoms with Gasteiger partial charge >= 0.3 is 0 Å². The Morgan fingerprint density at radius 2 is 1.77 bits per heavy atom. The predicted molar refractivity (Wildman–Crippen MR) is 101 cm³/mol. The van der Waals surface area contributed by atoms with Crippen LogP contribution in [0.3, 0.4) is 0 Å². The van der Waals surface area contributed by atoms with Crippen LogP contribution in [0.25, 0.3) is 0 Å². The van der Waals surface area contributed by atoms with E-state index in [4.69, 9.17) is 0 Å². The summed E-state index contributed by atoms with van der Waals surface area (Å²) < 4.78 is 51.9. The van der Waals surface area contributed by atoms with Gasteiger partial charge in [0, 0.05) is 38.3 Å². The fourth-order valence-electron chi connectivity index (χ4n) is 2.93. The van der Waals surface area contributed by atoms with Gasteiger partial charge in [0.25, 0.3) is 0 Å². The summed E-state index contributed by atoms with van der Waals surface area (Å²) in [6, 6.07) is 8.83. The minimum atomic E-state index is -3.99. The Bertz CT molecular complexity index is 966. The summed E-state index contributed by atoms with van der Waals surface area (Å²) in [5.41, 5.74) is 0.759. The van der Waals surface area contributed by atoms with E-state index in [0.717, 1.165) is 11.8 Å². The third-order valence-corrected chi connectivity index (χ3v) is 7.35. The van der Waals surface area contributed by atoms with Crippen LogP contribution in [0, 0.1) is 0 Å². The van der Waals surface area contributed by atoms with Gasteiger partial charge in [-0.05, 0) is 23.8 Å². The topological polar surface area (TPSA) is 96.4 Å². The van der Waals surface area contributed by atoms with Gasteiger partial charge in [-0.15, -0.1) is 12.4 Å². The van der Waals surface area contributed by atoms with E-state index >= 15 is 0 Å². The highest BCUT2D eigenvalue weighted by molar-refractivity contribution is 7.93. The first-order chi connectivity index (χ1) is 11.8. The standard InChI is InChI=1S/C16H19N3O4S2.ClH/c1-24(20,21)15-6-2-3-7-16(15)25(22,23)19-10-9-18-12-14(19)13-5-4-8-17-11-13;/h2-8,11,14,18H,9-10,12H2,1H3;1H. The largest absolute Gasteiger partial charge is 0.313 e. The molecule has 0 aliphatic carbocycles. The molecule has 7 nitrogen and oxygen atoms in total. The zero-order valence-electron chi connectivity index (χ0n) is 14.1. The number of nitrogens with one attached hydrogen (secondary N) is 1. The Hall–Kier alpha value is -1.52. The number of benzene rings is 1. The molecule has 1 N–H and O–H groups in total. The second-order valence-corrected chi connectivity index (χ2v) is 9.68. The van der Waals surface area contributed by atoms with Crippen LogP contribution in [0.5, 0.6) is 0 Å². The summed E-state index contributed by atoms with van der Waals surface area (Å²) >= 11 is 0. The molecule has 2 aromatic rings. The predicted octanol–water partition coefficient (Wildman–Crippen LogP) is 1.24. The number of sulfonamides is 1. The summed E-state index contributed by atoms with van der Waals surface area (Å²) in [5, 5.41) is 3.18. The molecule has 1 saturated heterocycles. The van der Waals surface area contributed by atoms with E-state index in [1.54, 1.807) is 18.5 Å². The van der Waals surface area contributed by atoms with Crippen LogP contribution in [0.1, 0.15) is 11.6 Å². The molecule has 1 atom stereocenters. The maximum absolute atomic E-state index is 13.3. The average molecular weight is 418 g/mol. The second-order valence-electron chi connectivity index (χ2n) is 5.84. The van der Waals surface area contributed by atoms with Crippen molar-refractivity contribution in [1.29, 1.82) is 0 Å². The van der Waals surface area contributed by atoms with Gasteiger partial charge in [0.2, 0.25) is 10.0 Å². The SMILES string of the molecule is CS(=O)(=O)c1ccccc1S(=O)(=O)N1CCNCC1c1cccnc1.Cl. The molecule has 0 spiro atoms. The lowest BCUT2D eigenvalue weighted by Crippen LogP contribution is -2.48. The fourth-order valence-corrected chi connectivity index (χ4v) is 6.14. The molecule has 1 unspecified atom stereocenters. The van der Waals surface area contributed by atoms with Crippen molar-refractivity contribution in [1.82, 2.24) is 14.6 Å². The number of pyridine rings is 1. The van der Waals surface area contributed by atoms with Crippen LogP contribution < -0.4 is 5.32 Å². The summed E-state index contributed by atoms with van der Waals surface area (Å²) in [4.78, 5) is 3.69. The van der Waals surface area contributed by atoms with E-state index in [-0.39, 0.29) is 28.7 Å². The van der Waals surface area contributed by atoms with E-state index in [1.165, 1.54) is 28.6 Å². The van der Waals surface area contributed by atoms with E-state index in [2.05, 4.69) is 10.3 Å². The molecule has 2 heterocycles. The van der Waals surface area contributed by atoms with Crippen LogP contribution in [-0.4, -0.2) is 52.0 Å². The van der Waals surface area contributed by atoms with E-state index in [9.17, 15) is 16.8 Å². The van der Waals surface area contributed by atoms with Gasteiger partial charge in [0.1, 0.15) is 4.90 Å². The normalized spacial score (nSPS) is 18.9. The highest BCUT2D eigenvalue weighted by Crippen LogP contribution is 2.31. The van der Waals surface area contributed by atoms with Gasteiger partial charge in [-0.3, -0.25) is 4.98 Å². The second kappa shape index (κ2) is 8.01. The van der Waals surface area contributed by atoms with Gasteiger partial charge in [-0.2, -0.15) is 4.31 Å². The fraction of sp³-hybridized carbons (Fsp3) is 0.312. The maximum Gasteiger partial charge on any atom is 0.245 e.